The largest absolute Gasteiger partial charge is 0.313 e. The van der Waals surface area contributed by atoms with Gasteiger partial charge >= 0.3 is 0 Å². The van der Waals surface area contributed by atoms with Crippen molar-refractivity contribution in [3.8, 4) is 0 Å². The summed E-state index contributed by atoms with van der Waals surface area (Å²) in [4.78, 5) is 10.0. The fourth-order valence-electron chi connectivity index (χ4n) is 2.02. The number of hydrogen-bond acceptors (Lipinski definition) is 5. The molecule has 0 fully saturated rings. The molecule has 7 nitrogen and oxygen atoms in total. The Bertz CT molecular complexity index is 638. The maximum absolute atomic E-state index is 12.0. The zero-order valence-corrected chi connectivity index (χ0v) is 12.2. The molecule has 0 unspecified atom stereocenters. The predicted octanol–water partition coefficient (Wildman–Crippen LogP) is 0.934. The number of benzene rings is 1. The van der Waals surface area contributed by atoms with Gasteiger partial charge in [-0.3, -0.25) is 10.1 Å². The third kappa shape index (κ3) is 4.92. The summed E-state index contributed by atoms with van der Waals surface area (Å²) in [5, 5.41) is 13.7. The van der Waals surface area contributed by atoms with Crippen LogP contribution in [0, 0.1) is 10.1 Å². The lowest BCUT2D eigenvalue weighted by Gasteiger charge is -2.14. The second kappa shape index (κ2) is 6.79. The Labute approximate surface area is 123 Å². The number of sulfonamides is 1. The van der Waals surface area contributed by atoms with Crippen molar-refractivity contribution in [2.75, 3.05) is 19.6 Å². The zero-order chi connectivity index (χ0) is 15.3. The topological polar surface area (TPSA) is 101 Å². The van der Waals surface area contributed by atoms with Crippen molar-refractivity contribution in [3.05, 3.63) is 51.6 Å². The highest BCUT2D eigenvalue weighted by Crippen LogP contribution is 2.14. The van der Waals surface area contributed by atoms with Gasteiger partial charge in [0.15, 0.2) is 0 Å². The summed E-state index contributed by atoms with van der Waals surface area (Å²) in [7, 11) is -3.45. The lowest BCUT2D eigenvalue weighted by atomic mass is 10.1. The third-order valence-electron chi connectivity index (χ3n) is 3.18. The molecule has 1 heterocycles. The van der Waals surface area contributed by atoms with E-state index in [-0.39, 0.29) is 11.4 Å². The van der Waals surface area contributed by atoms with Crippen molar-refractivity contribution in [1.82, 2.24) is 10.0 Å². The van der Waals surface area contributed by atoms with Gasteiger partial charge in [-0.05, 0) is 18.5 Å². The Morgan fingerprint density at radius 1 is 1.29 bits per heavy atom. The highest BCUT2D eigenvalue weighted by Gasteiger charge is 2.14. The molecule has 2 rings (SSSR count). The van der Waals surface area contributed by atoms with Crippen LogP contribution in [0.1, 0.15) is 12.0 Å². The van der Waals surface area contributed by atoms with E-state index in [9.17, 15) is 18.5 Å². The molecule has 21 heavy (non-hydrogen) atoms. The second-order valence-corrected chi connectivity index (χ2v) is 6.63. The summed E-state index contributed by atoms with van der Waals surface area (Å²) in [6, 6.07) is 5.53. The molecule has 8 heteroatoms. The summed E-state index contributed by atoms with van der Waals surface area (Å²) >= 11 is 0. The quantitative estimate of drug-likeness (QED) is 0.462. The highest BCUT2D eigenvalue weighted by atomic mass is 32.2. The van der Waals surface area contributed by atoms with Crippen LogP contribution >= 0.6 is 0 Å². The van der Waals surface area contributed by atoms with Gasteiger partial charge in [0.2, 0.25) is 10.0 Å². The van der Waals surface area contributed by atoms with Crippen molar-refractivity contribution in [3.63, 3.8) is 0 Å². The molecule has 1 aromatic rings. The van der Waals surface area contributed by atoms with Crippen molar-refractivity contribution in [2.45, 2.75) is 12.2 Å². The minimum atomic E-state index is -3.45. The Morgan fingerprint density at radius 3 is 2.57 bits per heavy atom. The molecule has 1 aliphatic rings. The SMILES string of the molecule is O=[N+]([O-])c1ccc(CS(=O)(=O)NCC2=CCNCC2)cc1. The first-order chi connectivity index (χ1) is 9.96. The van der Waals surface area contributed by atoms with E-state index in [1.54, 1.807) is 0 Å². The molecule has 114 valence electrons. The minimum Gasteiger partial charge on any atom is -0.313 e. The van der Waals surface area contributed by atoms with Gasteiger partial charge in [-0.25, -0.2) is 13.1 Å². The molecule has 0 aromatic heterocycles. The third-order valence-corrected chi connectivity index (χ3v) is 4.48. The number of hydrogen-bond donors (Lipinski definition) is 2. The van der Waals surface area contributed by atoms with E-state index in [0.29, 0.717) is 12.1 Å². The monoisotopic (exact) mass is 311 g/mol. The number of rotatable bonds is 6. The fourth-order valence-corrected chi connectivity index (χ4v) is 3.16. The van der Waals surface area contributed by atoms with Crippen LogP contribution in [-0.4, -0.2) is 33.0 Å². The van der Waals surface area contributed by atoms with Crippen LogP contribution in [0.4, 0.5) is 5.69 Å². The molecule has 0 spiro atoms. The average Bonchev–Trinajstić information content (AvgIpc) is 2.46. The Hall–Kier alpha value is -1.77. The molecule has 0 saturated heterocycles. The van der Waals surface area contributed by atoms with Crippen LogP contribution in [0.2, 0.25) is 0 Å². The summed E-state index contributed by atoms with van der Waals surface area (Å²) in [5.74, 6) is -0.184. The van der Waals surface area contributed by atoms with Crippen molar-refractivity contribution in [2.24, 2.45) is 0 Å². The number of nitrogens with zero attached hydrogens (tertiary/aromatic N) is 1. The second-order valence-electron chi connectivity index (χ2n) is 4.82. The van der Waals surface area contributed by atoms with Crippen molar-refractivity contribution < 1.29 is 13.3 Å². The molecule has 0 saturated carbocycles. The summed E-state index contributed by atoms with van der Waals surface area (Å²) in [6.45, 7) is 1.94. The summed E-state index contributed by atoms with van der Waals surface area (Å²) < 4.78 is 26.5. The van der Waals surface area contributed by atoms with Crippen LogP contribution < -0.4 is 10.0 Å². The zero-order valence-electron chi connectivity index (χ0n) is 11.4. The van der Waals surface area contributed by atoms with Gasteiger partial charge in [0.25, 0.3) is 5.69 Å². The summed E-state index contributed by atoms with van der Waals surface area (Å²) in [6.07, 6.45) is 2.82. The van der Waals surface area contributed by atoms with Crippen LogP contribution in [0.15, 0.2) is 35.9 Å². The lowest BCUT2D eigenvalue weighted by Crippen LogP contribution is -2.30. The van der Waals surface area contributed by atoms with Crippen LogP contribution in [-0.2, 0) is 15.8 Å². The minimum absolute atomic E-state index is 0.0519. The Kier molecular flexibility index (Phi) is 5.05. The van der Waals surface area contributed by atoms with Crippen LogP contribution in [0.25, 0.3) is 0 Å². The van der Waals surface area contributed by atoms with E-state index in [4.69, 9.17) is 0 Å². The molecule has 2 N–H and O–H groups in total. The van der Waals surface area contributed by atoms with E-state index in [0.717, 1.165) is 25.1 Å². The van der Waals surface area contributed by atoms with Gasteiger partial charge in [-0.1, -0.05) is 23.8 Å². The first-order valence-corrected chi connectivity index (χ1v) is 8.21. The number of nitro benzene ring substituents is 1. The summed E-state index contributed by atoms with van der Waals surface area (Å²) in [5.41, 5.74) is 1.54. The molecule has 0 amide bonds. The molecule has 0 radical (unpaired) electrons. The predicted molar refractivity (Wildman–Crippen MR) is 79.3 cm³/mol. The van der Waals surface area contributed by atoms with E-state index in [1.165, 1.54) is 24.3 Å². The number of nitro groups is 1. The molecule has 1 aromatic carbocycles. The molecule has 0 atom stereocenters. The van der Waals surface area contributed by atoms with Gasteiger partial charge in [-0.15, -0.1) is 0 Å². The fraction of sp³-hybridized carbons (Fsp3) is 0.385. The highest BCUT2D eigenvalue weighted by molar-refractivity contribution is 7.88. The first-order valence-electron chi connectivity index (χ1n) is 6.55. The van der Waals surface area contributed by atoms with Gasteiger partial charge in [0.1, 0.15) is 0 Å². The maximum Gasteiger partial charge on any atom is 0.269 e. The van der Waals surface area contributed by atoms with Gasteiger partial charge in [0.05, 0.1) is 10.7 Å². The number of non-ortho nitro benzene ring substituents is 1. The molecule has 0 bridgehead atoms. The lowest BCUT2D eigenvalue weighted by molar-refractivity contribution is -0.384. The molecular formula is C13H17N3O4S. The molecule has 0 aliphatic carbocycles. The van der Waals surface area contributed by atoms with E-state index >= 15 is 0 Å². The van der Waals surface area contributed by atoms with Gasteiger partial charge in [-0.2, -0.15) is 0 Å². The van der Waals surface area contributed by atoms with E-state index in [2.05, 4.69) is 10.0 Å². The average molecular weight is 311 g/mol. The molecule has 1 aliphatic heterocycles. The number of nitrogens with one attached hydrogen (secondary N) is 2. The van der Waals surface area contributed by atoms with Gasteiger partial charge < -0.3 is 5.32 Å². The van der Waals surface area contributed by atoms with Crippen molar-refractivity contribution >= 4 is 15.7 Å². The Balaban J connectivity index is 1.93. The van der Waals surface area contributed by atoms with E-state index in [1.807, 2.05) is 6.08 Å². The van der Waals surface area contributed by atoms with Crippen LogP contribution in [0.3, 0.4) is 0 Å². The normalized spacial score (nSPS) is 15.5. The smallest absolute Gasteiger partial charge is 0.269 e. The van der Waals surface area contributed by atoms with E-state index < -0.39 is 14.9 Å². The first kappa shape index (κ1) is 15.6. The molecular weight excluding hydrogens is 294 g/mol. The van der Waals surface area contributed by atoms with Crippen LogP contribution in [0.5, 0.6) is 0 Å². The maximum atomic E-state index is 12.0. The van der Waals surface area contributed by atoms with Crippen molar-refractivity contribution in [1.29, 1.82) is 0 Å². The van der Waals surface area contributed by atoms with Gasteiger partial charge in [0, 0.05) is 25.2 Å². The Morgan fingerprint density at radius 2 is 2.00 bits per heavy atom. The standard InChI is InChI=1S/C13H17N3O4S/c17-16(18)13-3-1-12(2-4-13)10-21(19,20)15-9-11-5-7-14-8-6-11/h1-5,14-15H,6-10H2.